The second-order valence-corrected chi connectivity index (χ2v) is 3.52. The first-order valence-electron chi connectivity index (χ1n) is 4.44. The fourth-order valence-electron chi connectivity index (χ4n) is 1.11. The average Bonchev–Trinajstić information content (AvgIpc) is 2.18. The van der Waals surface area contributed by atoms with Crippen molar-refractivity contribution in [3.63, 3.8) is 0 Å². The molecule has 0 radical (unpaired) electrons. The molecule has 0 aliphatic rings. The molecule has 1 rings (SSSR count). The van der Waals surface area contributed by atoms with Crippen molar-refractivity contribution in [3.05, 3.63) is 34.3 Å². The maximum Gasteiger partial charge on any atom is 0.303 e. The third-order valence-corrected chi connectivity index (χ3v) is 2.40. The molecule has 1 aromatic rings. The van der Waals surface area contributed by atoms with Crippen LogP contribution in [0.2, 0.25) is 5.02 Å². The van der Waals surface area contributed by atoms with Crippen LogP contribution in [0.5, 0.6) is 0 Å². The maximum atomic E-state index is 11.6. The molecule has 0 spiro atoms. The van der Waals surface area contributed by atoms with E-state index in [0.29, 0.717) is 10.6 Å². The molecule has 0 aliphatic carbocycles. The molecule has 0 heterocycles. The molecule has 0 saturated carbocycles. The second-order valence-electron chi connectivity index (χ2n) is 3.14. The smallest absolute Gasteiger partial charge is 0.303 e. The van der Waals surface area contributed by atoms with Gasteiger partial charge in [-0.15, -0.1) is 0 Å². The quantitative estimate of drug-likeness (QED) is 0.587. The minimum absolute atomic E-state index is 0.265. The molecular weight excluding hydrogens is 216 g/mol. The first kappa shape index (κ1) is 11.7. The number of esters is 1. The van der Waals surface area contributed by atoms with Crippen molar-refractivity contribution in [1.82, 2.24) is 0 Å². The number of hydrogen-bond acceptors (Lipinski definition) is 3. The van der Waals surface area contributed by atoms with Gasteiger partial charge in [-0.25, -0.2) is 0 Å². The summed E-state index contributed by atoms with van der Waals surface area (Å²) in [5.41, 5.74) is 1.21. The van der Waals surface area contributed by atoms with E-state index in [-0.39, 0.29) is 12.4 Å². The predicted molar refractivity (Wildman–Crippen MR) is 57.2 cm³/mol. The van der Waals surface area contributed by atoms with E-state index in [2.05, 4.69) is 4.74 Å². The van der Waals surface area contributed by atoms with Gasteiger partial charge in [-0.05, 0) is 18.6 Å². The Kier molecular flexibility index (Phi) is 3.86. The van der Waals surface area contributed by atoms with Crippen LogP contribution in [0.1, 0.15) is 22.8 Å². The van der Waals surface area contributed by atoms with E-state index < -0.39 is 5.97 Å². The van der Waals surface area contributed by atoms with Gasteiger partial charge in [-0.2, -0.15) is 0 Å². The van der Waals surface area contributed by atoms with Crippen LogP contribution in [0.25, 0.3) is 0 Å². The van der Waals surface area contributed by atoms with Crippen LogP contribution in [-0.2, 0) is 9.53 Å². The van der Waals surface area contributed by atoms with Crippen molar-refractivity contribution < 1.29 is 14.3 Å². The monoisotopic (exact) mass is 226 g/mol. The van der Waals surface area contributed by atoms with E-state index in [1.807, 2.05) is 13.0 Å². The normalized spacial score (nSPS) is 9.80. The van der Waals surface area contributed by atoms with Crippen LogP contribution in [0, 0.1) is 6.92 Å². The Balaban J connectivity index is 2.82. The SMILES string of the molecule is CC(=O)OCC(=O)c1cccc(C)c1Cl. The predicted octanol–water partition coefficient (Wildman–Crippen LogP) is 2.39. The summed E-state index contributed by atoms with van der Waals surface area (Å²) in [5, 5.41) is 0.412. The van der Waals surface area contributed by atoms with Crippen LogP contribution in [0.3, 0.4) is 0 Å². The van der Waals surface area contributed by atoms with Crippen molar-refractivity contribution in [2.75, 3.05) is 6.61 Å². The van der Waals surface area contributed by atoms with Gasteiger partial charge in [-0.1, -0.05) is 23.7 Å². The summed E-state index contributed by atoms with van der Waals surface area (Å²) in [6.45, 7) is 2.80. The first-order chi connectivity index (χ1) is 7.02. The highest BCUT2D eigenvalue weighted by atomic mass is 35.5. The van der Waals surface area contributed by atoms with E-state index >= 15 is 0 Å². The molecule has 0 unspecified atom stereocenters. The molecule has 0 saturated heterocycles. The molecule has 0 bridgehead atoms. The summed E-state index contributed by atoms with van der Waals surface area (Å²) in [6.07, 6.45) is 0. The third-order valence-electron chi connectivity index (χ3n) is 1.90. The van der Waals surface area contributed by atoms with Crippen LogP contribution in [0.15, 0.2) is 18.2 Å². The molecule has 0 atom stereocenters. The Morgan fingerprint density at radius 3 is 2.67 bits per heavy atom. The fourth-order valence-corrected chi connectivity index (χ4v) is 1.34. The summed E-state index contributed by atoms with van der Waals surface area (Å²) < 4.78 is 4.61. The Morgan fingerprint density at radius 2 is 2.07 bits per heavy atom. The van der Waals surface area contributed by atoms with Gasteiger partial charge in [0, 0.05) is 12.5 Å². The molecule has 0 aromatic heterocycles. The molecule has 15 heavy (non-hydrogen) atoms. The number of carbonyl (C=O) groups excluding carboxylic acids is 2. The standard InChI is InChI=1S/C11H11ClO3/c1-7-4-3-5-9(11(7)12)10(14)6-15-8(2)13/h3-5H,6H2,1-2H3. The summed E-state index contributed by atoms with van der Waals surface area (Å²) in [5.74, 6) is -0.772. The van der Waals surface area contributed by atoms with Gasteiger partial charge >= 0.3 is 5.97 Å². The Bertz CT molecular complexity index is 399. The van der Waals surface area contributed by atoms with Crippen molar-refractivity contribution >= 4 is 23.4 Å². The molecule has 4 heteroatoms. The lowest BCUT2D eigenvalue weighted by atomic mass is 10.1. The van der Waals surface area contributed by atoms with Gasteiger partial charge in [-0.3, -0.25) is 9.59 Å². The largest absolute Gasteiger partial charge is 0.457 e. The number of hydrogen-bond donors (Lipinski definition) is 0. The number of benzene rings is 1. The van der Waals surface area contributed by atoms with Gasteiger partial charge in [0.15, 0.2) is 6.61 Å². The fraction of sp³-hybridized carbons (Fsp3) is 0.273. The number of halogens is 1. The minimum Gasteiger partial charge on any atom is -0.457 e. The van der Waals surface area contributed by atoms with Crippen LogP contribution in [-0.4, -0.2) is 18.4 Å². The number of rotatable bonds is 3. The molecule has 0 amide bonds. The molecule has 0 aliphatic heterocycles. The third kappa shape index (κ3) is 3.06. The average molecular weight is 227 g/mol. The highest BCUT2D eigenvalue weighted by Crippen LogP contribution is 2.20. The Hall–Kier alpha value is -1.35. The Morgan fingerprint density at radius 1 is 1.40 bits per heavy atom. The first-order valence-corrected chi connectivity index (χ1v) is 4.82. The highest BCUT2D eigenvalue weighted by molar-refractivity contribution is 6.34. The van der Waals surface area contributed by atoms with E-state index in [0.717, 1.165) is 5.56 Å². The minimum atomic E-state index is -0.480. The zero-order valence-corrected chi connectivity index (χ0v) is 9.30. The molecule has 1 aromatic carbocycles. The van der Waals surface area contributed by atoms with Crippen LogP contribution < -0.4 is 0 Å². The topological polar surface area (TPSA) is 43.4 Å². The zero-order valence-electron chi connectivity index (χ0n) is 8.54. The highest BCUT2D eigenvalue weighted by Gasteiger charge is 2.12. The molecular formula is C11H11ClO3. The van der Waals surface area contributed by atoms with Crippen LogP contribution in [0.4, 0.5) is 0 Å². The van der Waals surface area contributed by atoms with Crippen molar-refractivity contribution in [2.45, 2.75) is 13.8 Å². The number of carbonyl (C=O) groups is 2. The van der Waals surface area contributed by atoms with Crippen molar-refractivity contribution in [2.24, 2.45) is 0 Å². The van der Waals surface area contributed by atoms with E-state index in [1.54, 1.807) is 12.1 Å². The second kappa shape index (κ2) is 4.94. The lowest BCUT2D eigenvalue weighted by molar-refractivity contribution is -0.139. The van der Waals surface area contributed by atoms with Gasteiger partial charge in [0.2, 0.25) is 5.78 Å². The summed E-state index contributed by atoms with van der Waals surface area (Å²) in [4.78, 5) is 22.1. The summed E-state index contributed by atoms with van der Waals surface area (Å²) in [7, 11) is 0. The van der Waals surface area contributed by atoms with E-state index in [4.69, 9.17) is 11.6 Å². The van der Waals surface area contributed by atoms with Crippen molar-refractivity contribution in [1.29, 1.82) is 0 Å². The Labute approximate surface area is 93.0 Å². The number of Topliss-reactive ketones (excluding diaryl/α,β-unsaturated/α-hetero) is 1. The molecule has 0 N–H and O–H groups in total. The summed E-state index contributed by atoms with van der Waals surface area (Å²) in [6, 6.07) is 5.16. The molecule has 0 fully saturated rings. The van der Waals surface area contributed by atoms with Gasteiger partial charge < -0.3 is 4.74 Å². The van der Waals surface area contributed by atoms with E-state index in [1.165, 1.54) is 6.92 Å². The van der Waals surface area contributed by atoms with Gasteiger partial charge in [0.25, 0.3) is 0 Å². The lowest BCUT2D eigenvalue weighted by Gasteiger charge is -2.05. The maximum absolute atomic E-state index is 11.6. The lowest BCUT2D eigenvalue weighted by Crippen LogP contribution is -2.12. The number of ether oxygens (including phenoxy) is 1. The number of aryl methyl sites for hydroxylation is 1. The molecule has 3 nitrogen and oxygen atoms in total. The van der Waals surface area contributed by atoms with Gasteiger partial charge in [0.1, 0.15) is 0 Å². The van der Waals surface area contributed by atoms with Gasteiger partial charge in [0.05, 0.1) is 5.02 Å². The van der Waals surface area contributed by atoms with E-state index in [9.17, 15) is 9.59 Å². The summed E-state index contributed by atoms with van der Waals surface area (Å²) >= 11 is 5.94. The number of ketones is 1. The molecule has 80 valence electrons. The van der Waals surface area contributed by atoms with Crippen LogP contribution >= 0.6 is 11.6 Å². The zero-order chi connectivity index (χ0) is 11.4. The van der Waals surface area contributed by atoms with Crippen molar-refractivity contribution in [3.8, 4) is 0 Å².